The first-order valence-electron chi connectivity index (χ1n) is 8.76. The van der Waals surface area contributed by atoms with Crippen molar-refractivity contribution in [3.05, 3.63) is 29.3 Å². The van der Waals surface area contributed by atoms with Crippen LogP contribution in [0, 0.1) is 12.8 Å². The third-order valence-electron chi connectivity index (χ3n) is 4.57. The number of amides is 1. The van der Waals surface area contributed by atoms with Crippen LogP contribution in [0.5, 0.6) is 5.75 Å². The lowest BCUT2D eigenvalue weighted by Crippen LogP contribution is -2.42. The molecule has 1 heterocycles. The molecular weight excluding hydrogens is 288 g/mol. The Bertz CT molecular complexity index is 530. The number of benzene rings is 1. The molecule has 1 aliphatic heterocycles. The van der Waals surface area contributed by atoms with Crippen LogP contribution in [0.1, 0.15) is 51.2 Å². The van der Waals surface area contributed by atoms with Gasteiger partial charge in [0.05, 0.1) is 6.10 Å². The first kappa shape index (κ1) is 17.8. The summed E-state index contributed by atoms with van der Waals surface area (Å²) in [6.45, 7) is 9.83. The van der Waals surface area contributed by atoms with Gasteiger partial charge in [-0.1, -0.05) is 19.1 Å². The summed E-state index contributed by atoms with van der Waals surface area (Å²) in [5, 5.41) is 6.48. The Morgan fingerprint density at radius 3 is 2.96 bits per heavy atom. The SMILES string of the molecule is CCC(C)Oc1cc(C)ccc1CNC(=O)[C@H]1CCN[C@@H](C)C1. The fourth-order valence-electron chi connectivity index (χ4n) is 2.91. The molecule has 1 unspecified atom stereocenters. The Hall–Kier alpha value is -1.55. The molecule has 0 aliphatic carbocycles. The molecule has 1 amide bonds. The lowest BCUT2D eigenvalue weighted by molar-refractivity contribution is -0.126. The number of hydrogen-bond donors (Lipinski definition) is 2. The predicted molar refractivity (Wildman–Crippen MR) is 93.6 cm³/mol. The highest BCUT2D eigenvalue weighted by Crippen LogP contribution is 2.23. The summed E-state index contributed by atoms with van der Waals surface area (Å²) in [5.41, 5.74) is 2.22. The second-order valence-electron chi connectivity index (χ2n) is 6.74. The number of hydrogen-bond acceptors (Lipinski definition) is 3. The van der Waals surface area contributed by atoms with Gasteiger partial charge in [0.15, 0.2) is 0 Å². The monoisotopic (exact) mass is 318 g/mol. The van der Waals surface area contributed by atoms with Gasteiger partial charge >= 0.3 is 0 Å². The Labute approximate surface area is 140 Å². The zero-order valence-electron chi connectivity index (χ0n) is 14.8. The Morgan fingerprint density at radius 2 is 2.26 bits per heavy atom. The van der Waals surface area contributed by atoms with Crippen LogP contribution >= 0.6 is 0 Å². The molecule has 3 atom stereocenters. The Balaban J connectivity index is 1.97. The molecule has 1 aromatic rings. The minimum Gasteiger partial charge on any atom is -0.490 e. The maximum absolute atomic E-state index is 12.4. The molecule has 23 heavy (non-hydrogen) atoms. The fraction of sp³-hybridized carbons (Fsp3) is 0.632. The molecule has 0 aromatic heterocycles. The smallest absolute Gasteiger partial charge is 0.223 e. The topological polar surface area (TPSA) is 50.4 Å². The summed E-state index contributed by atoms with van der Waals surface area (Å²) in [7, 11) is 0. The summed E-state index contributed by atoms with van der Waals surface area (Å²) in [5.74, 6) is 1.17. The van der Waals surface area contributed by atoms with Crippen molar-refractivity contribution in [2.45, 2.75) is 65.6 Å². The van der Waals surface area contributed by atoms with Gasteiger partial charge in [-0.05, 0) is 58.2 Å². The molecular formula is C19H30N2O2. The third kappa shape index (κ3) is 5.24. The van der Waals surface area contributed by atoms with E-state index in [4.69, 9.17) is 4.74 Å². The summed E-state index contributed by atoms with van der Waals surface area (Å²) in [6.07, 6.45) is 2.97. The largest absolute Gasteiger partial charge is 0.490 e. The highest BCUT2D eigenvalue weighted by molar-refractivity contribution is 5.78. The van der Waals surface area contributed by atoms with Crippen molar-refractivity contribution in [2.75, 3.05) is 6.54 Å². The van der Waals surface area contributed by atoms with Crippen LogP contribution < -0.4 is 15.4 Å². The number of carbonyl (C=O) groups is 1. The van der Waals surface area contributed by atoms with Crippen molar-refractivity contribution in [2.24, 2.45) is 5.92 Å². The van der Waals surface area contributed by atoms with Gasteiger partial charge in [0, 0.05) is 24.1 Å². The molecule has 0 saturated carbocycles. The fourth-order valence-corrected chi connectivity index (χ4v) is 2.91. The first-order chi connectivity index (χ1) is 11.0. The van der Waals surface area contributed by atoms with Gasteiger partial charge in [-0.15, -0.1) is 0 Å². The number of rotatable bonds is 6. The van der Waals surface area contributed by atoms with E-state index in [-0.39, 0.29) is 17.9 Å². The molecule has 0 spiro atoms. The minimum absolute atomic E-state index is 0.121. The van der Waals surface area contributed by atoms with Crippen LogP contribution in [0.15, 0.2) is 18.2 Å². The molecule has 1 fully saturated rings. The molecule has 1 aromatic carbocycles. The normalized spacial score (nSPS) is 22.4. The summed E-state index contributed by atoms with van der Waals surface area (Å²) >= 11 is 0. The van der Waals surface area contributed by atoms with E-state index in [0.717, 1.165) is 37.1 Å². The molecule has 2 N–H and O–H groups in total. The van der Waals surface area contributed by atoms with Crippen LogP contribution in [0.4, 0.5) is 0 Å². The van der Waals surface area contributed by atoms with Gasteiger partial charge < -0.3 is 15.4 Å². The van der Waals surface area contributed by atoms with E-state index in [1.54, 1.807) is 0 Å². The van der Waals surface area contributed by atoms with E-state index in [1.807, 2.05) is 0 Å². The Morgan fingerprint density at radius 1 is 1.48 bits per heavy atom. The van der Waals surface area contributed by atoms with Crippen molar-refractivity contribution >= 4 is 5.91 Å². The number of nitrogens with one attached hydrogen (secondary N) is 2. The molecule has 1 aliphatic rings. The van der Waals surface area contributed by atoms with E-state index in [9.17, 15) is 4.79 Å². The van der Waals surface area contributed by atoms with Gasteiger partial charge in [0.2, 0.25) is 5.91 Å². The average Bonchev–Trinajstić information content (AvgIpc) is 2.53. The van der Waals surface area contributed by atoms with Crippen LogP contribution in [-0.4, -0.2) is 24.6 Å². The lowest BCUT2D eigenvalue weighted by Gasteiger charge is -2.27. The zero-order chi connectivity index (χ0) is 16.8. The second kappa shape index (κ2) is 8.34. The van der Waals surface area contributed by atoms with Crippen molar-refractivity contribution in [3.8, 4) is 5.75 Å². The Kier molecular flexibility index (Phi) is 6.46. The van der Waals surface area contributed by atoms with E-state index < -0.39 is 0 Å². The van der Waals surface area contributed by atoms with E-state index >= 15 is 0 Å². The molecule has 0 radical (unpaired) electrons. The number of carbonyl (C=O) groups excluding carboxylic acids is 1. The van der Waals surface area contributed by atoms with E-state index in [1.165, 1.54) is 5.56 Å². The second-order valence-corrected chi connectivity index (χ2v) is 6.74. The molecule has 2 rings (SSSR count). The van der Waals surface area contributed by atoms with Gasteiger partial charge in [-0.3, -0.25) is 4.79 Å². The van der Waals surface area contributed by atoms with Crippen molar-refractivity contribution in [1.82, 2.24) is 10.6 Å². The summed E-state index contributed by atoms with van der Waals surface area (Å²) in [6, 6.07) is 6.60. The number of aryl methyl sites for hydroxylation is 1. The van der Waals surface area contributed by atoms with Crippen LogP contribution in [0.25, 0.3) is 0 Å². The van der Waals surface area contributed by atoms with Crippen LogP contribution in [-0.2, 0) is 11.3 Å². The predicted octanol–water partition coefficient (Wildman–Crippen LogP) is 3.18. The molecule has 4 heteroatoms. The average molecular weight is 318 g/mol. The quantitative estimate of drug-likeness (QED) is 0.847. The minimum atomic E-state index is 0.121. The third-order valence-corrected chi connectivity index (χ3v) is 4.57. The molecule has 1 saturated heterocycles. The maximum Gasteiger partial charge on any atom is 0.223 e. The number of piperidine rings is 1. The van der Waals surface area contributed by atoms with E-state index in [2.05, 4.69) is 56.5 Å². The summed E-state index contributed by atoms with van der Waals surface area (Å²) in [4.78, 5) is 12.4. The van der Waals surface area contributed by atoms with E-state index in [0.29, 0.717) is 12.6 Å². The highest BCUT2D eigenvalue weighted by Gasteiger charge is 2.24. The van der Waals surface area contributed by atoms with Gasteiger partial charge in [0.1, 0.15) is 5.75 Å². The van der Waals surface area contributed by atoms with Crippen LogP contribution in [0.2, 0.25) is 0 Å². The zero-order valence-corrected chi connectivity index (χ0v) is 14.8. The van der Waals surface area contributed by atoms with Gasteiger partial charge in [-0.2, -0.15) is 0 Å². The van der Waals surface area contributed by atoms with Gasteiger partial charge in [0.25, 0.3) is 0 Å². The molecule has 128 valence electrons. The molecule has 0 bridgehead atoms. The van der Waals surface area contributed by atoms with Crippen molar-refractivity contribution in [1.29, 1.82) is 0 Å². The maximum atomic E-state index is 12.4. The van der Waals surface area contributed by atoms with Crippen molar-refractivity contribution < 1.29 is 9.53 Å². The number of ether oxygens (including phenoxy) is 1. The first-order valence-corrected chi connectivity index (χ1v) is 8.76. The van der Waals surface area contributed by atoms with Gasteiger partial charge in [-0.25, -0.2) is 0 Å². The van der Waals surface area contributed by atoms with Crippen molar-refractivity contribution in [3.63, 3.8) is 0 Å². The standard InChI is InChI=1S/C19H30N2O2/c1-5-15(4)23-18-10-13(2)6-7-17(18)12-21-19(22)16-8-9-20-14(3)11-16/h6-7,10,14-16,20H,5,8-9,11-12H2,1-4H3,(H,21,22)/t14-,15?,16-/m0/s1. The lowest BCUT2D eigenvalue weighted by atomic mass is 9.92. The summed E-state index contributed by atoms with van der Waals surface area (Å²) < 4.78 is 6.01. The molecule has 4 nitrogen and oxygen atoms in total. The van der Waals surface area contributed by atoms with Crippen LogP contribution in [0.3, 0.4) is 0 Å². The highest BCUT2D eigenvalue weighted by atomic mass is 16.5.